The van der Waals surface area contributed by atoms with Crippen molar-refractivity contribution in [3.05, 3.63) is 0 Å². The molecule has 3 heteroatoms. The third-order valence-corrected chi connectivity index (χ3v) is 0.543. The Labute approximate surface area is 47.0 Å². The van der Waals surface area contributed by atoms with Crippen LogP contribution in [-0.4, -0.2) is 18.1 Å². The van der Waals surface area contributed by atoms with Crippen molar-refractivity contribution in [1.29, 1.82) is 0 Å². The van der Waals surface area contributed by atoms with Gasteiger partial charge in [0.2, 0.25) is 0 Å². The molecule has 1 nitrogen and oxygen atoms in total. The van der Waals surface area contributed by atoms with Gasteiger partial charge >= 0.3 is 0 Å². The minimum Gasteiger partial charge on any atom is -0.280 e. The molecule has 0 aliphatic rings. The Kier molecular flexibility index (Phi) is 5.47. The van der Waals surface area contributed by atoms with Gasteiger partial charge in [0.05, 0.1) is 5.88 Å². The van der Waals surface area contributed by atoms with Crippen molar-refractivity contribution in [2.75, 3.05) is 11.9 Å². The van der Waals surface area contributed by atoms with Crippen molar-refractivity contribution in [2.45, 2.75) is 0 Å². The highest BCUT2D eigenvalue weighted by Gasteiger charge is 1.63. The lowest BCUT2D eigenvalue weighted by Gasteiger charge is -1.71. The Bertz CT molecular complexity index is 38.1. The second kappa shape index (κ2) is 5.25. The zero-order valence-corrected chi connectivity index (χ0v) is 4.71. The van der Waals surface area contributed by atoms with E-state index in [-0.39, 0.29) is 0 Å². The van der Waals surface area contributed by atoms with Gasteiger partial charge < -0.3 is 0 Å². The van der Waals surface area contributed by atoms with E-state index in [0.717, 1.165) is 0 Å². The lowest BCUT2D eigenvalue weighted by atomic mass is 10.9. The van der Waals surface area contributed by atoms with Gasteiger partial charge in [-0.2, -0.15) is 0 Å². The Morgan fingerprint density at radius 3 is 2.33 bits per heavy atom. The molecule has 0 unspecified atom stereocenters. The SMILES string of the molecule is ClCC=NCCl. The first-order valence-electron chi connectivity index (χ1n) is 1.52. The molecule has 0 atom stereocenters. The summed E-state index contributed by atoms with van der Waals surface area (Å²) in [6, 6.07) is 0.312. The molecule has 36 valence electrons. The summed E-state index contributed by atoms with van der Waals surface area (Å²) < 4.78 is 0. The first-order valence-corrected chi connectivity index (χ1v) is 2.59. The first kappa shape index (κ1) is 6.25. The molecule has 0 fully saturated rings. The lowest BCUT2D eigenvalue weighted by Crippen LogP contribution is -1.71. The quantitative estimate of drug-likeness (QED) is 0.302. The highest BCUT2D eigenvalue weighted by atomic mass is 35.5. The Hall–Kier alpha value is 0.250. The molecule has 0 aliphatic carbocycles. The van der Waals surface area contributed by atoms with E-state index >= 15 is 0 Å². The van der Waals surface area contributed by atoms with Crippen molar-refractivity contribution in [3.63, 3.8) is 0 Å². The fourth-order valence-electron chi connectivity index (χ4n) is 0.0976. The predicted molar refractivity (Wildman–Crippen MR) is 29.9 cm³/mol. The molecule has 0 aliphatic heterocycles. The van der Waals surface area contributed by atoms with Crippen LogP contribution in [-0.2, 0) is 0 Å². The number of rotatable bonds is 2. The van der Waals surface area contributed by atoms with Gasteiger partial charge in [0.25, 0.3) is 0 Å². The fourth-order valence-corrected chi connectivity index (χ4v) is 0.293. The fraction of sp³-hybridized carbons (Fsp3) is 0.667. The van der Waals surface area contributed by atoms with Gasteiger partial charge in [-0.05, 0) is 0 Å². The number of nitrogens with zero attached hydrogens (tertiary/aromatic N) is 1. The second-order valence-corrected chi connectivity index (χ2v) is 1.19. The van der Waals surface area contributed by atoms with Gasteiger partial charge in [-0.25, -0.2) is 0 Å². The second-order valence-electron chi connectivity index (χ2n) is 0.639. The van der Waals surface area contributed by atoms with E-state index in [1.807, 2.05) is 0 Å². The van der Waals surface area contributed by atoms with Gasteiger partial charge in [0.15, 0.2) is 0 Å². The summed E-state index contributed by atoms with van der Waals surface area (Å²) in [5.74, 6) is 0.451. The van der Waals surface area contributed by atoms with E-state index < -0.39 is 0 Å². The number of hydrogen-bond acceptors (Lipinski definition) is 1. The third kappa shape index (κ3) is 4.25. The molecule has 0 rings (SSSR count). The smallest absolute Gasteiger partial charge is 0.113 e. The van der Waals surface area contributed by atoms with Crippen LogP contribution in [0.25, 0.3) is 0 Å². The van der Waals surface area contributed by atoms with E-state index in [0.29, 0.717) is 11.9 Å². The molecule has 0 radical (unpaired) electrons. The third-order valence-electron chi connectivity index (χ3n) is 0.267. The molecule has 0 aromatic carbocycles. The maximum Gasteiger partial charge on any atom is 0.113 e. The van der Waals surface area contributed by atoms with Crippen LogP contribution >= 0.6 is 23.2 Å². The molecule has 0 bridgehead atoms. The highest BCUT2D eigenvalue weighted by Crippen LogP contribution is 1.73. The van der Waals surface area contributed by atoms with E-state index in [1.165, 1.54) is 0 Å². The average Bonchev–Trinajstić information content (AvgIpc) is 1.61. The van der Waals surface area contributed by atoms with E-state index in [1.54, 1.807) is 6.21 Å². The lowest BCUT2D eigenvalue weighted by molar-refractivity contribution is 1.38. The molecule has 0 aromatic rings. The van der Waals surface area contributed by atoms with Crippen molar-refractivity contribution < 1.29 is 0 Å². The van der Waals surface area contributed by atoms with Crippen LogP contribution in [0, 0.1) is 0 Å². The van der Waals surface area contributed by atoms with Crippen LogP contribution in [0.2, 0.25) is 0 Å². The number of alkyl halides is 2. The largest absolute Gasteiger partial charge is 0.280 e. The summed E-state index contributed by atoms with van der Waals surface area (Å²) in [7, 11) is 0. The Morgan fingerprint density at radius 1 is 1.50 bits per heavy atom. The van der Waals surface area contributed by atoms with Gasteiger partial charge in [0, 0.05) is 6.21 Å². The minimum absolute atomic E-state index is 0.312. The molecule has 6 heavy (non-hydrogen) atoms. The van der Waals surface area contributed by atoms with Crippen LogP contribution in [0.4, 0.5) is 0 Å². The maximum atomic E-state index is 5.17. The normalized spacial score (nSPS) is 10.3. The van der Waals surface area contributed by atoms with E-state index in [4.69, 9.17) is 23.2 Å². The van der Waals surface area contributed by atoms with Crippen molar-refractivity contribution >= 4 is 29.4 Å². The number of aliphatic imine (C=N–C) groups is 1. The summed E-state index contributed by atoms with van der Waals surface area (Å²) in [5, 5.41) is 0. The van der Waals surface area contributed by atoms with Crippen LogP contribution in [0.5, 0.6) is 0 Å². The van der Waals surface area contributed by atoms with E-state index in [2.05, 4.69) is 4.99 Å². The van der Waals surface area contributed by atoms with Crippen LogP contribution in [0.3, 0.4) is 0 Å². The summed E-state index contributed by atoms with van der Waals surface area (Å²) >= 11 is 10.3. The molecule has 0 N–H and O–H groups in total. The van der Waals surface area contributed by atoms with E-state index in [9.17, 15) is 0 Å². The Morgan fingerprint density at radius 2 is 2.17 bits per heavy atom. The van der Waals surface area contributed by atoms with Gasteiger partial charge in [-0.15, -0.1) is 23.2 Å². The number of hydrogen-bond donors (Lipinski definition) is 0. The first-order chi connectivity index (χ1) is 2.91. The van der Waals surface area contributed by atoms with Crippen LogP contribution in [0.15, 0.2) is 4.99 Å². The Balaban J connectivity index is 2.73. The topological polar surface area (TPSA) is 12.4 Å². The van der Waals surface area contributed by atoms with Crippen molar-refractivity contribution in [2.24, 2.45) is 4.99 Å². The van der Waals surface area contributed by atoms with Crippen molar-refractivity contribution in [3.8, 4) is 0 Å². The van der Waals surface area contributed by atoms with Gasteiger partial charge in [-0.3, -0.25) is 4.99 Å². The number of halogens is 2. The molecular formula is C3H5Cl2N. The van der Waals surface area contributed by atoms with Crippen molar-refractivity contribution in [1.82, 2.24) is 0 Å². The molecule has 0 saturated carbocycles. The zero-order valence-electron chi connectivity index (χ0n) is 3.19. The summed E-state index contributed by atoms with van der Waals surface area (Å²) in [6.45, 7) is 0. The summed E-state index contributed by atoms with van der Waals surface area (Å²) in [4.78, 5) is 3.60. The monoisotopic (exact) mass is 125 g/mol. The maximum absolute atomic E-state index is 5.17. The van der Waals surface area contributed by atoms with Crippen LogP contribution in [0.1, 0.15) is 0 Å². The minimum atomic E-state index is 0.312. The average molecular weight is 126 g/mol. The molecule has 0 heterocycles. The molecular weight excluding hydrogens is 121 g/mol. The zero-order chi connectivity index (χ0) is 4.83. The summed E-state index contributed by atoms with van der Waals surface area (Å²) in [5.41, 5.74) is 0. The van der Waals surface area contributed by atoms with Crippen LogP contribution < -0.4 is 0 Å². The standard InChI is InChI=1S/C3H5Cl2N/c4-1-2-6-3-5/h2H,1,3H2. The molecule has 0 aromatic heterocycles. The molecule has 0 saturated heterocycles. The highest BCUT2D eigenvalue weighted by molar-refractivity contribution is 6.25. The molecule has 0 amide bonds. The van der Waals surface area contributed by atoms with Gasteiger partial charge in [-0.1, -0.05) is 0 Å². The van der Waals surface area contributed by atoms with Gasteiger partial charge in [0.1, 0.15) is 6.00 Å². The molecule has 0 spiro atoms. The summed E-state index contributed by atoms with van der Waals surface area (Å²) in [6.07, 6.45) is 1.56. The predicted octanol–water partition coefficient (Wildman–Crippen LogP) is 1.49.